The highest BCUT2D eigenvalue weighted by Gasteiger charge is 2.26. The predicted octanol–water partition coefficient (Wildman–Crippen LogP) is 1.53. The molecule has 3 rings (SSSR count). The first-order chi connectivity index (χ1) is 10.6. The van der Waals surface area contributed by atoms with Crippen molar-refractivity contribution in [2.45, 2.75) is 25.9 Å². The zero-order valence-electron chi connectivity index (χ0n) is 13.2. The molecule has 7 nitrogen and oxygen atoms in total. The molecule has 0 aliphatic carbocycles. The number of likely N-dealkylation sites (N-methyl/N-ethyl adjacent to an activating group) is 1. The molecule has 1 fully saturated rings. The third kappa shape index (κ3) is 3.10. The summed E-state index contributed by atoms with van der Waals surface area (Å²) in [6.45, 7) is 6.94. The monoisotopic (exact) mass is 302 g/mol. The lowest BCUT2D eigenvalue weighted by Crippen LogP contribution is -2.44. The van der Waals surface area contributed by atoms with Crippen LogP contribution in [0, 0.1) is 0 Å². The van der Waals surface area contributed by atoms with Crippen LogP contribution in [-0.4, -0.2) is 52.7 Å². The molecule has 2 aromatic heterocycles. The average Bonchev–Trinajstić information content (AvgIpc) is 2.97. The third-order valence-corrected chi connectivity index (χ3v) is 3.71. The van der Waals surface area contributed by atoms with Gasteiger partial charge in [-0.05, 0) is 33.0 Å². The van der Waals surface area contributed by atoms with Crippen LogP contribution in [-0.2, 0) is 0 Å². The zero-order valence-corrected chi connectivity index (χ0v) is 13.2. The molecule has 0 spiro atoms. The number of nitrogens with zero attached hydrogens (tertiary/aromatic N) is 4. The van der Waals surface area contributed by atoms with E-state index in [0.29, 0.717) is 11.7 Å². The van der Waals surface area contributed by atoms with E-state index in [4.69, 9.17) is 4.52 Å². The topological polar surface area (TPSA) is 79.1 Å². The van der Waals surface area contributed by atoms with Crippen molar-refractivity contribution < 1.29 is 4.52 Å². The van der Waals surface area contributed by atoms with Gasteiger partial charge in [-0.15, -0.1) is 0 Å². The Morgan fingerprint density at radius 1 is 1.45 bits per heavy atom. The average molecular weight is 302 g/mol. The first-order valence-corrected chi connectivity index (χ1v) is 7.61. The molecule has 2 aromatic rings. The summed E-state index contributed by atoms with van der Waals surface area (Å²) in [4.78, 5) is 11.2. The van der Waals surface area contributed by atoms with Crippen LogP contribution in [0.15, 0.2) is 22.9 Å². The summed E-state index contributed by atoms with van der Waals surface area (Å²) in [5.74, 6) is 1.98. The van der Waals surface area contributed by atoms with Crippen LogP contribution in [0.25, 0.3) is 11.5 Å². The van der Waals surface area contributed by atoms with Crippen LogP contribution in [0.3, 0.4) is 0 Å². The summed E-state index contributed by atoms with van der Waals surface area (Å²) in [5, 5.41) is 10.8. The van der Waals surface area contributed by atoms with E-state index in [9.17, 15) is 0 Å². The van der Waals surface area contributed by atoms with Crippen molar-refractivity contribution in [2.24, 2.45) is 0 Å². The molecule has 3 heterocycles. The lowest BCUT2D eigenvalue weighted by atomic mass is 10.2. The summed E-state index contributed by atoms with van der Waals surface area (Å²) in [6.07, 6.45) is 1.75. The molecular weight excluding hydrogens is 280 g/mol. The van der Waals surface area contributed by atoms with Crippen molar-refractivity contribution in [1.29, 1.82) is 0 Å². The van der Waals surface area contributed by atoms with Crippen molar-refractivity contribution in [1.82, 2.24) is 25.3 Å². The van der Waals surface area contributed by atoms with E-state index in [1.165, 1.54) is 0 Å². The van der Waals surface area contributed by atoms with Gasteiger partial charge in [0.2, 0.25) is 0 Å². The van der Waals surface area contributed by atoms with E-state index in [0.717, 1.165) is 31.0 Å². The molecule has 7 heteroatoms. The summed E-state index contributed by atoms with van der Waals surface area (Å²) < 4.78 is 5.48. The maximum Gasteiger partial charge on any atom is 0.261 e. The summed E-state index contributed by atoms with van der Waals surface area (Å²) in [7, 11) is 2.08. The van der Waals surface area contributed by atoms with E-state index < -0.39 is 0 Å². The molecule has 118 valence electrons. The zero-order chi connectivity index (χ0) is 15.5. The smallest absolute Gasteiger partial charge is 0.261 e. The lowest BCUT2D eigenvalue weighted by Gasteiger charge is -2.30. The lowest BCUT2D eigenvalue weighted by molar-refractivity contribution is 0.190. The van der Waals surface area contributed by atoms with Gasteiger partial charge >= 0.3 is 0 Å². The van der Waals surface area contributed by atoms with Crippen molar-refractivity contribution in [2.75, 3.05) is 32.0 Å². The standard InChI is InChI=1S/C15H22N6O/c1-10(2)18-13-11(5-4-6-17-13)15-19-14(20-22-15)12-9-16-7-8-21(12)3/h4-6,10,12,16H,7-9H2,1-3H3,(H,17,18). The quantitative estimate of drug-likeness (QED) is 0.886. The Hall–Kier alpha value is -1.99. The number of hydrogen-bond donors (Lipinski definition) is 2. The van der Waals surface area contributed by atoms with E-state index in [-0.39, 0.29) is 12.1 Å². The minimum Gasteiger partial charge on any atom is -0.367 e. The number of aromatic nitrogens is 3. The molecule has 1 saturated heterocycles. The summed E-state index contributed by atoms with van der Waals surface area (Å²) >= 11 is 0. The number of piperazine rings is 1. The van der Waals surface area contributed by atoms with Gasteiger partial charge in [-0.3, -0.25) is 4.90 Å². The van der Waals surface area contributed by atoms with Crippen LogP contribution in [0.5, 0.6) is 0 Å². The number of pyridine rings is 1. The number of rotatable bonds is 4. The highest BCUT2D eigenvalue weighted by atomic mass is 16.5. The van der Waals surface area contributed by atoms with Crippen LogP contribution in [0.1, 0.15) is 25.7 Å². The second-order valence-electron chi connectivity index (χ2n) is 5.86. The van der Waals surface area contributed by atoms with Gasteiger partial charge in [0.1, 0.15) is 5.82 Å². The SMILES string of the molecule is CC(C)Nc1ncccc1-c1nc(C2CNCCN2C)no1. The van der Waals surface area contributed by atoms with Crippen molar-refractivity contribution in [3.8, 4) is 11.5 Å². The number of anilines is 1. The Kier molecular flexibility index (Phi) is 4.35. The van der Waals surface area contributed by atoms with Crippen LogP contribution >= 0.6 is 0 Å². The first kappa shape index (κ1) is 14.9. The second kappa shape index (κ2) is 6.41. The highest BCUT2D eigenvalue weighted by molar-refractivity contribution is 5.68. The Bertz CT molecular complexity index is 626. The minimum absolute atomic E-state index is 0.143. The van der Waals surface area contributed by atoms with Gasteiger partial charge in [-0.25, -0.2) is 4.98 Å². The molecule has 22 heavy (non-hydrogen) atoms. The van der Waals surface area contributed by atoms with E-state index in [1.54, 1.807) is 6.20 Å². The molecule has 1 unspecified atom stereocenters. The van der Waals surface area contributed by atoms with Crippen molar-refractivity contribution >= 4 is 5.82 Å². The van der Waals surface area contributed by atoms with Gasteiger partial charge in [0, 0.05) is 31.9 Å². The molecular formula is C15H22N6O. The fraction of sp³-hybridized carbons (Fsp3) is 0.533. The van der Waals surface area contributed by atoms with Crippen molar-refractivity contribution in [3.05, 3.63) is 24.2 Å². The van der Waals surface area contributed by atoms with Crippen LogP contribution < -0.4 is 10.6 Å². The molecule has 2 N–H and O–H groups in total. The molecule has 0 saturated carbocycles. The molecule has 0 aromatic carbocycles. The fourth-order valence-electron chi connectivity index (χ4n) is 2.54. The first-order valence-electron chi connectivity index (χ1n) is 7.61. The van der Waals surface area contributed by atoms with Crippen molar-refractivity contribution in [3.63, 3.8) is 0 Å². The Morgan fingerprint density at radius 2 is 2.32 bits per heavy atom. The number of nitrogens with one attached hydrogen (secondary N) is 2. The Labute approximate surface area is 130 Å². The maximum absolute atomic E-state index is 5.48. The van der Waals surface area contributed by atoms with Gasteiger partial charge in [0.25, 0.3) is 5.89 Å². The van der Waals surface area contributed by atoms with Gasteiger partial charge in [0.05, 0.1) is 11.6 Å². The third-order valence-electron chi connectivity index (χ3n) is 3.71. The second-order valence-corrected chi connectivity index (χ2v) is 5.86. The Balaban J connectivity index is 1.87. The van der Waals surface area contributed by atoms with E-state index in [1.807, 2.05) is 12.1 Å². The molecule has 0 radical (unpaired) electrons. The molecule has 1 aliphatic heterocycles. The summed E-state index contributed by atoms with van der Waals surface area (Å²) in [6, 6.07) is 4.24. The Morgan fingerprint density at radius 3 is 3.09 bits per heavy atom. The predicted molar refractivity (Wildman–Crippen MR) is 84.5 cm³/mol. The maximum atomic E-state index is 5.48. The highest BCUT2D eigenvalue weighted by Crippen LogP contribution is 2.27. The van der Waals surface area contributed by atoms with Gasteiger partial charge in [-0.1, -0.05) is 5.16 Å². The normalized spacial score (nSPS) is 19.5. The minimum atomic E-state index is 0.143. The van der Waals surface area contributed by atoms with Crippen LogP contribution in [0.4, 0.5) is 5.82 Å². The van der Waals surface area contributed by atoms with E-state index >= 15 is 0 Å². The summed E-state index contributed by atoms with van der Waals surface area (Å²) in [5.41, 5.74) is 0.835. The van der Waals surface area contributed by atoms with Gasteiger partial charge in [-0.2, -0.15) is 4.98 Å². The number of hydrogen-bond acceptors (Lipinski definition) is 7. The van der Waals surface area contributed by atoms with E-state index in [2.05, 4.69) is 51.6 Å². The molecule has 1 atom stereocenters. The molecule has 0 bridgehead atoms. The molecule has 1 aliphatic rings. The fourth-order valence-corrected chi connectivity index (χ4v) is 2.54. The largest absolute Gasteiger partial charge is 0.367 e. The van der Waals surface area contributed by atoms with Gasteiger partial charge < -0.3 is 15.2 Å². The van der Waals surface area contributed by atoms with Crippen LogP contribution in [0.2, 0.25) is 0 Å². The van der Waals surface area contributed by atoms with Gasteiger partial charge in [0.15, 0.2) is 5.82 Å². The molecule has 0 amide bonds.